The van der Waals surface area contributed by atoms with Crippen molar-refractivity contribution in [3.8, 4) is 0 Å². The fraction of sp³-hybridized carbons (Fsp3) is 0.567. The van der Waals surface area contributed by atoms with Gasteiger partial charge >= 0.3 is 0 Å². The van der Waals surface area contributed by atoms with Gasteiger partial charge in [0, 0.05) is 24.6 Å². The van der Waals surface area contributed by atoms with Gasteiger partial charge in [0.05, 0.1) is 6.42 Å². The molecule has 0 radical (unpaired) electrons. The van der Waals surface area contributed by atoms with Gasteiger partial charge in [-0.25, -0.2) is 0 Å². The molecule has 2 N–H and O–H groups in total. The number of rotatable bonds is 7. The molecule has 0 spiro atoms. The van der Waals surface area contributed by atoms with E-state index in [-0.39, 0.29) is 17.5 Å². The second-order valence-corrected chi connectivity index (χ2v) is 11.4. The first-order valence-electron chi connectivity index (χ1n) is 14.1. The lowest BCUT2D eigenvalue weighted by Crippen LogP contribution is -2.56. The minimum Gasteiger partial charge on any atom is -0.338 e. The number of carbonyl (C=O) groups excluding carboxylic acids is 3. The van der Waals surface area contributed by atoms with Crippen LogP contribution >= 0.6 is 0 Å². The normalized spacial score (nSPS) is 16.6. The lowest BCUT2D eigenvalue weighted by atomic mass is 9.88. The van der Waals surface area contributed by atoms with Crippen LogP contribution in [0.4, 0.5) is 0 Å². The van der Waals surface area contributed by atoms with Gasteiger partial charge in [0.1, 0.15) is 11.1 Å². The van der Waals surface area contributed by atoms with Crippen molar-refractivity contribution in [1.82, 2.24) is 20.2 Å². The van der Waals surface area contributed by atoms with Gasteiger partial charge in [-0.3, -0.25) is 29.5 Å². The summed E-state index contributed by atoms with van der Waals surface area (Å²) in [4.78, 5) is 56.4. The minimum absolute atomic E-state index is 0.0228. The van der Waals surface area contributed by atoms with E-state index in [0.717, 1.165) is 68.2 Å². The number of imide groups is 1. The Labute approximate surface area is 224 Å². The van der Waals surface area contributed by atoms with Crippen LogP contribution in [0.1, 0.15) is 98.8 Å². The van der Waals surface area contributed by atoms with Crippen molar-refractivity contribution in [2.45, 2.75) is 103 Å². The monoisotopic (exact) mass is 520 g/mol. The molecule has 1 saturated carbocycles. The Morgan fingerprint density at radius 1 is 0.974 bits per heavy atom. The zero-order valence-corrected chi connectivity index (χ0v) is 22.7. The Morgan fingerprint density at radius 3 is 2.34 bits per heavy atom. The number of pyridine rings is 2. The maximum atomic E-state index is 13.7. The van der Waals surface area contributed by atoms with E-state index in [1.807, 2.05) is 4.57 Å². The van der Waals surface area contributed by atoms with E-state index in [4.69, 9.17) is 0 Å². The first kappa shape index (κ1) is 27.7. The number of aryl methyl sites for hydroxylation is 1. The molecule has 2 aliphatic rings. The molecule has 204 valence electrons. The summed E-state index contributed by atoms with van der Waals surface area (Å²) >= 11 is 0. The van der Waals surface area contributed by atoms with Crippen LogP contribution in [0.15, 0.2) is 35.4 Å². The summed E-state index contributed by atoms with van der Waals surface area (Å²) in [5.74, 6) is -1.24. The summed E-state index contributed by atoms with van der Waals surface area (Å²) in [6, 6.07) is 5.16. The lowest BCUT2D eigenvalue weighted by molar-refractivity contribution is -0.133. The topological polar surface area (TPSA) is 110 Å². The van der Waals surface area contributed by atoms with E-state index >= 15 is 0 Å². The Kier molecular flexibility index (Phi) is 9.13. The highest BCUT2D eigenvalue weighted by molar-refractivity contribution is 6.04. The lowest BCUT2D eigenvalue weighted by Gasteiger charge is -2.28. The van der Waals surface area contributed by atoms with Crippen molar-refractivity contribution in [3.05, 3.63) is 63.3 Å². The second-order valence-electron chi connectivity index (χ2n) is 11.4. The quantitative estimate of drug-likeness (QED) is 0.576. The maximum Gasteiger partial charge on any atom is 0.263 e. The molecule has 8 heteroatoms. The van der Waals surface area contributed by atoms with Crippen molar-refractivity contribution in [2.75, 3.05) is 0 Å². The number of aromatic nitrogens is 2. The molecule has 0 saturated heterocycles. The van der Waals surface area contributed by atoms with Crippen molar-refractivity contribution in [1.29, 1.82) is 0 Å². The van der Waals surface area contributed by atoms with Crippen molar-refractivity contribution in [3.63, 3.8) is 0 Å². The van der Waals surface area contributed by atoms with Crippen LogP contribution in [0, 0.1) is 5.92 Å². The number of hydrogen-bond acceptors (Lipinski definition) is 5. The van der Waals surface area contributed by atoms with Crippen LogP contribution in [-0.2, 0) is 35.4 Å². The molecule has 38 heavy (non-hydrogen) atoms. The SMILES string of the molecule is CC(C)(NC(=O)c1cc2c(n(CC3CCCCC3)c1=O)CCCCCC2)C(=O)NC(=O)Cc1ccncc1. The first-order chi connectivity index (χ1) is 18.2. The third kappa shape index (κ3) is 6.97. The summed E-state index contributed by atoms with van der Waals surface area (Å²) in [6.45, 7) is 3.72. The van der Waals surface area contributed by atoms with Gasteiger partial charge in [-0.1, -0.05) is 32.1 Å². The molecule has 0 bridgehead atoms. The Balaban J connectivity index is 1.54. The Morgan fingerprint density at radius 2 is 1.63 bits per heavy atom. The van der Waals surface area contributed by atoms with Crippen LogP contribution < -0.4 is 16.2 Å². The summed E-state index contributed by atoms with van der Waals surface area (Å²) in [6.07, 6.45) is 15.1. The fourth-order valence-electron chi connectivity index (χ4n) is 5.64. The third-order valence-electron chi connectivity index (χ3n) is 7.87. The molecule has 2 aliphatic carbocycles. The molecule has 3 amide bonds. The highest BCUT2D eigenvalue weighted by Crippen LogP contribution is 2.27. The molecular formula is C30H40N4O4. The number of carbonyl (C=O) groups is 3. The van der Waals surface area contributed by atoms with E-state index in [2.05, 4.69) is 15.6 Å². The van der Waals surface area contributed by atoms with Gasteiger partial charge in [0.2, 0.25) is 5.91 Å². The molecule has 2 heterocycles. The number of nitrogens with one attached hydrogen (secondary N) is 2. The van der Waals surface area contributed by atoms with Crippen LogP contribution in [0.3, 0.4) is 0 Å². The molecule has 4 rings (SSSR count). The van der Waals surface area contributed by atoms with Gasteiger partial charge in [0.25, 0.3) is 17.4 Å². The second kappa shape index (κ2) is 12.5. The fourth-order valence-corrected chi connectivity index (χ4v) is 5.64. The molecule has 0 unspecified atom stereocenters. The highest BCUT2D eigenvalue weighted by atomic mass is 16.2. The zero-order chi connectivity index (χ0) is 27.1. The minimum atomic E-state index is -1.39. The van der Waals surface area contributed by atoms with E-state index < -0.39 is 23.3 Å². The summed E-state index contributed by atoms with van der Waals surface area (Å²) in [5.41, 5.74) is 1.28. The van der Waals surface area contributed by atoms with E-state index in [1.165, 1.54) is 33.1 Å². The van der Waals surface area contributed by atoms with Crippen LogP contribution in [0.2, 0.25) is 0 Å². The standard InChI is InChI=1S/C30H40N4O4/c1-30(2,29(38)32-26(35)18-21-14-16-31-17-15-21)33-27(36)24-19-23-12-8-3-4-9-13-25(23)34(28(24)37)20-22-10-6-5-7-11-22/h14-17,19,22H,3-13,18,20H2,1-2H3,(H,33,36)(H,32,35,38). The average molecular weight is 521 g/mol. The number of hydrogen-bond donors (Lipinski definition) is 2. The van der Waals surface area contributed by atoms with Crippen LogP contribution in [0.25, 0.3) is 0 Å². The van der Waals surface area contributed by atoms with Crippen LogP contribution in [0.5, 0.6) is 0 Å². The molecule has 8 nitrogen and oxygen atoms in total. The van der Waals surface area contributed by atoms with Gasteiger partial charge in [-0.15, -0.1) is 0 Å². The Hall–Kier alpha value is -3.29. The van der Waals surface area contributed by atoms with Gasteiger partial charge in [-0.2, -0.15) is 0 Å². The van der Waals surface area contributed by atoms with Gasteiger partial charge in [0.15, 0.2) is 0 Å². The van der Waals surface area contributed by atoms with Gasteiger partial charge in [-0.05, 0) is 87.6 Å². The largest absolute Gasteiger partial charge is 0.338 e. The summed E-state index contributed by atoms with van der Waals surface area (Å²) < 4.78 is 1.87. The molecule has 0 aromatic carbocycles. The van der Waals surface area contributed by atoms with E-state index in [1.54, 1.807) is 30.6 Å². The van der Waals surface area contributed by atoms with E-state index in [9.17, 15) is 19.2 Å². The average Bonchev–Trinajstić information content (AvgIpc) is 2.87. The third-order valence-corrected chi connectivity index (χ3v) is 7.87. The van der Waals surface area contributed by atoms with Gasteiger partial charge < -0.3 is 9.88 Å². The zero-order valence-electron chi connectivity index (χ0n) is 22.7. The van der Waals surface area contributed by atoms with Crippen molar-refractivity contribution < 1.29 is 14.4 Å². The molecule has 0 aliphatic heterocycles. The number of amides is 3. The number of nitrogens with zero attached hydrogens (tertiary/aromatic N) is 2. The predicted molar refractivity (Wildman–Crippen MR) is 146 cm³/mol. The van der Waals surface area contributed by atoms with E-state index in [0.29, 0.717) is 12.5 Å². The summed E-state index contributed by atoms with van der Waals surface area (Å²) in [5, 5.41) is 5.10. The maximum absolute atomic E-state index is 13.7. The van der Waals surface area contributed by atoms with Crippen molar-refractivity contribution in [2.24, 2.45) is 5.92 Å². The predicted octanol–water partition coefficient (Wildman–Crippen LogP) is 3.88. The Bertz CT molecular complexity index is 1210. The highest BCUT2D eigenvalue weighted by Gasteiger charge is 2.33. The molecule has 2 aromatic heterocycles. The summed E-state index contributed by atoms with van der Waals surface area (Å²) in [7, 11) is 0. The van der Waals surface area contributed by atoms with Crippen LogP contribution in [-0.4, -0.2) is 32.8 Å². The molecule has 1 fully saturated rings. The first-order valence-corrected chi connectivity index (χ1v) is 14.1. The number of fused-ring (bicyclic) bond motifs is 1. The smallest absolute Gasteiger partial charge is 0.263 e. The molecule has 0 atom stereocenters. The molecular weight excluding hydrogens is 480 g/mol. The molecule has 2 aromatic rings. The van der Waals surface area contributed by atoms with Crippen molar-refractivity contribution >= 4 is 17.7 Å².